The van der Waals surface area contributed by atoms with Gasteiger partial charge in [0, 0.05) is 42.8 Å². The molecule has 1 atom stereocenters. The van der Waals surface area contributed by atoms with Crippen molar-refractivity contribution in [1.82, 2.24) is 14.2 Å². The predicted molar refractivity (Wildman–Crippen MR) is 170 cm³/mol. The molecule has 0 spiro atoms. The number of rotatable bonds is 8. The smallest absolute Gasteiger partial charge is 0.405 e. The van der Waals surface area contributed by atoms with Crippen LogP contribution in [0.25, 0.3) is 11.3 Å². The van der Waals surface area contributed by atoms with Crippen molar-refractivity contribution in [3.8, 4) is 11.3 Å². The van der Waals surface area contributed by atoms with E-state index in [1.54, 1.807) is 26.8 Å². The Morgan fingerprint density at radius 1 is 1.02 bits per heavy atom. The van der Waals surface area contributed by atoms with E-state index < -0.39 is 35.0 Å². The molecule has 6 nitrogen and oxygen atoms in total. The zero-order chi connectivity index (χ0) is 32.4. The second kappa shape index (κ2) is 13.8. The third kappa shape index (κ3) is 8.62. The van der Waals surface area contributed by atoms with E-state index in [9.17, 15) is 22.5 Å². The molecule has 246 valence electrons. The molecule has 0 bridgehead atoms. The Morgan fingerprint density at radius 3 is 2.23 bits per heavy atom. The lowest BCUT2D eigenvalue weighted by Gasteiger charge is -2.36. The lowest BCUT2D eigenvalue weighted by atomic mass is 9.85. The molecule has 2 heterocycles. The van der Waals surface area contributed by atoms with Crippen LogP contribution in [0.5, 0.6) is 0 Å². The second-order valence-corrected chi connectivity index (χ2v) is 15.9. The van der Waals surface area contributed by atoms with Gasteiger partial charge in [-0.1, -0.05) is 40.0 Å². The van der Waals surface area contributed by atoms with Gasteiger partial charge in [0.2, 0.25) is 0 Å². The Morgan fingerprint density at radius 2 is 1.66 bits per heavy atom. The van der Waals surface area contributed by atoms with Crippen LogP contribution in [0.1, 0.15) is 108 Å². The number of ether oxygens (including phenoxy) is 1. The van der Waals surface area contributed by atoms with E-state index in [1.807, 2.05) is 45.9 Å². The van der Waals surface area contributed by atoms with Gasteiger partial charge in [-0.3, -0.25) is 4.79 Å². The molecule has 1 saturated heterocycles. The first-order valence-corrected chi connectivity index (χ1v) is 17.1. The summed E-state index contributed by atoms with van der Waals surface area (Å²) in [4.78, 5) is 13.9. The van der Waals surface area contributed by atoms with Crippen molar-refractivity contribution in [1.29, 1.82) is 0 Å². The van der Waals surface area contributed by atoms with E-state index in [1.165, 1.54) is 19.3 Å². The molecular formula is C34H50F3N3O3S. The van der Waals surface area contributed by atoms with Crippen molar-refractivity contribution in [2.24, 2.45) is 5.92 Å². The molecule has 44 heavy (non-hydrogen) atoms. The highest BCUT2D eigenvalue weighted by Crippen LogP contribution is 2.39. The standard InChI is InChI=1S/C34H50F3N3O3S/c1-23-27(31(41)38-26-15-17-43-18-16-26)20-29(39(23)21-24-11-9-8-10-12-24)25-13-14-30(28(19-25)32(2,3)4)44(42)40(33(5,6)7)22-34(35,36)37/h13-14,19-20,24,26H,8-12,15-18,21-22H2,1-7H3,(H,38,41). The van der Waals surface area contributed by atoms with Gasteiger partial charge in [-0.2, -0.15) is 13.2 Å². The molecule has 1 unspecified atom stereocenters. The van der Waals surface area contributed by atoms with Crippen LogP contribution in [0.3, 0.4) is 0 Å². The second-order valence-electron chi connectivity index (χ2n) is 14.5. The summed E-state index contributed by atoms with van der Waals surface area (Å²) in [5.41, 5.74) is 2.55. The van der Waals surface area contributed by atoms with Crippen molar-refractivity contribution < 1.29 is 27.3 Å². The maximum atomic E-state index is 13.9. The predicted octanol–water partition coefficient (Wildman–Crippen LogP) is 7.94. The third-order valence-corrected chi connectivity index (χ3v) is 10.7. The highest BCUT2D eigenvalue weighted by atomic mass is 32.2. The third-order valence-electron chi connectivity index (χ3n) is 8.88. The largest absolute Gasteiger partial charge is 0.593 e. The minimum Gasteiger partial charge on any atom is -0.593 e. The normalized spacial score (nSPS) is 18.5. The number of amides is 1. The summed E-state index contributed by atoms with van der Waals surface area (Å²) >= 11 is -2.05. The number of halogens is 3. The molecule has 2 aliphatic rings. The lowest BCUT2D eigenvalue weighted by molar-refractivity contribution is -0.142. The number of nitrogens with zero attached hydrogens (tertiary/aromatic N) is 2. The van der Waals surface area contributed by atoms with Gasteiger partial charge >= 0.3 is 6.18 Å². The summed E-state index contributed by atoms with van der Waals surface area (Å²) in [5.74, 6) is 0.413. The van der Waals surface area contributed by atoms with Gasteiger partial charge in [0.15, 0.2) is 4.90 Å². The summed E-state index contributed by atoms with van der Waals surface area (Å²) in [6.45, 7) is 13.7. The summed E-state index contributed by atoms with van der Waals surface area (Å²) in [5, 5.41) is 3.21. The molecule has 0 radical (unpaired) electrons. The average molecular weight is 638 g/mol. The highest BCUT2D eigenvalue weighted by molar-refractivity contribution is 7.89. The number of aromatic nitrogens is 1. The van der Waals surface area contributed by atoms with Gasteiger partial charge in [0.05, 0.1) is 22.5 Å². The van der Waals surface area contributed by atoms with Crippen molar-refractivity contribution in [3.63, 3.8) is 0 Å². The average Bonchev–Trinajstić information content (AvgIpc) is 3.26. The zero-order valence-corrected chi connectivity index (χ0v) is 28.2. The van der Waals surface area contributed by atoms with E-state index in [2.05, 4.69) is 9.88 Å². The number of benzene rings is 1. The summed E-state index contributed by atoms with van der Waals surface area (Å²) in [6, 6.07) is 7.56. The molecule has 1 aromatic heterocycles. The fraction of sp³-hybridized carbons (Fsp3) is 0.676. The Labute approximate surface area is 264 Å². The van der Waals surface area contributed by atoms with Crippen LogP contribution in [0, 0.1) is 12.8 Å². The monoisotopic (exact) mass is 637 g/mol. The molecular weight excluding hydrogens is 587 g/mol. The van der Waals surface area contributed by atoms with Crippen molar-refractivity contribution in [3.05, 3.63) is 41.1 Å². The molecule has 4 rings (SSSR count). The van der Waals surface area contributed by atoms with E-state index >= 15 is 0 Å². The first-order chi connectivity index (χ1) is 20.5. The van der Waals surface area contributed by atoms with Crippen molar-refractivity contribution >= 4 is 17.3 Å². The number of nitrogens with one attached hydrogen (secondary N) is 1. The topological polar surface area (TPSA) is 69.6 Å². The quantitative estimate of drug-likeness (QED) is 0.299. The Bertz CT molecular complexity index is 1280. The number of hydrogen-bond donors (Lipinski definition) is 1. The summed E-state index contributed by atoms with van der Waals surface area (Å²) < 4.78 is 63.5. The highest BCUT2D eigenvalue weighted by Gasteiger charge is 2.44. The van der Waals surface area contributed by atoms with E-state index in [-0.39, 0.29) is 11.9 Å². The lowest BCUT2D eigenvalue weighted by Crippen LogP contribution is -2.50. The van der Waals surface area contributed by atoms with Gasteiger partial charge in [0.1, 0.15) is 6.54 Å². The van der Waals surface area contributed by atoms with Crippen LogP contribution >= 0.6 is 0 Å². The van der Waals surface area contributed by atoms with Gasteiger partial charge in [0.25, 0.3) is 5.91 Å². The van der Waals surface area contributed by atoms with Gasteiger partial charge in [-0.25, -0.2) is 0 Å². The zero-order valence-electron chi connectivity index (χ0n) is 27.4. The maximum absolute atomic E-state index is 13.9. The molecule has 1 aliphatic carbocycles. The molecule has 1 saturated carbocycles. The van der Waals surface area contributed by atoms with Gasteiger partial charge < -0.3 is 19.2 Å². The number of alkyl halides is 3. The van der Waals surface area contributed by atoms with Crippen LogP contribution in [-0.4, -0.2) is 56.8 Å². The van der Waals surface area contributed by atoms with Crippen LogP contribution in [0.2, 0.25) is 0 Å². The van der Waals surface area contributed by atoms with Gasteiger partial charge in [-0.05, 0) is 94.5 Å². The summed E-state index contributed by atoms with van der Waals surface area (Å²) in [6.07, 6.45) is 3.02. The van der Waals surface area contributed by atoms with Crippen LogP contribution < -0.4 is 5.32 Å². The molecule has 2 aromatic rings. The molecule has 1 N–H and O–H groups in total. The molecule has 2 fully saturated rings. The van der Waals surface area contributed by atoms with Crippen molar-refractivity contribution in [2.45, 2.75) is 128 Å². The van der Waals surface area contributed by atoms with E-state index in [0.717, 1.165) is 59.0 Å². The van der Waals surface area contributed by atoms with E-state index in [4.69, 9.17) is 4.74 Å². The van der Waals surface area contributed by atoms with Crippen molar-refractivity contribution in [2.75, 3.05) is 19.8 Å². The van der Waals surface area contributed by atoms with E-state index in [0.29, 0.717) is 29.6 Å². The Kier molecular flexibility index (Phi) is 10.9. The minimum absolute atomic E-state index is 0.0741. The number of carbonyl (C=O) groups is 1. The Hall–Kier alpha value is -2.01. The summed E-state index contributed by atoms with van der Waals surface area (Å²) in [7, 11) is 0. The fourth-order valence-corrected chi connectivity index (χ4v) is 8.07. The first kappa shape index (κ1) is 34.9. The Balaban J connectivity index is 1.78. The molecule has 10 heteroatoms. The molecule has 1 aromatic carbocycles. The molecule has 1 aliphatic heterocycles. The fourth-order valence-electron chi connectivity index (χ4n) is 6.34. The van der Waals surface area contributed by atoms with Crippen LogP contribution in [0.15, 0.2) is 29.2 Å². The van der Waals surface area contributed by atoms with Crippen LogP contribution in [0.4, 0.5) is 13.2 Å². The first-order valence-electron chi connectivity index (χ1n) is 16.0. The van der Waals surface area contributed by atoms with Crippen LogP contribution in [-0.2, 0) is 28.1 Å². The maximum Gasteiger partial charge on any atom is 0.405 e. The SMILES string of the molecule is Cc1c(C(=O)NC2CCOCC2)cc(-c2ccc([S+]([O-])N(CC(F)(F)F)C(C)(C)C)c(C(C)(C)C)c2)n1CC1CCCCC1. The minimum atomic E-state index is -4.50. The number of carbonyl (C=O) groups excluding carboxylic acids is 1. The van der Waals surface area contributed by atoms with Gasteiger partial charge in [-0.15, -0.1) is 4.31 Å². The number of hydrogen-bond acceptors (Lipinski definition) is 4. The molecule has 1 amide bonds.